The minimum Gasteiger partial charge on any atom is -0.369 e. The minimum atomic E-state index is -0.334. The zero-order valence-electron chi connectivity index (χ0n) is 11.6. The van der Waals surface area contributed by atoms with Crippen LogP contribution in [0.25, 0.3) is 0 Å². The highest BCUT2D eigenvalue weighted by molar-refractivity contribution is 5.80. The standard InChI is InChI=1S/C12H20N6O2/c1-14-5-10-7-18(16-15-10)8-11(19)17-4-2-3-9(6-17)12(13)20/h7,9,14H,2-6,8H2,1H3,(H2,13,20). The van der Waals surface area contributed by atoms with E-state index in [1.54, 1.807) is 11.1 Å². The zero-order valence-corrected chi connectivity index (χ0v) is 11.6. The molecule has 1 atom stereocenters. The Balaban J connectivity index is 1.91. The van der Waals surface area contributed by atoms with Gasteiger partial charge in [0.15, 0.2) is 0 Å². The van der Waals surface area contributed by atoms with E-state index in [9.17, 15) is 9.59 Å². The van der Waals surface area contributed by atoms with Crippen LogP contribution >= 0.6 is 0 Å². The first-order chi connectivity index (χ1) is 9.60. The van der Waals surface area contributed by atoms with E-state index in [0.29, 0.717) is 19.6 Å². The van der Waals surface area contributed by atoms with E-state index in [4.69, 9.17) is 5.73 Å². The molecule has 110 valence electrons. The Bertz CT molecular complexity index is 486. The Morgan fingerprint density at radius 3 is 3.05 bits per heavy atom. The predicted octanol–water partition coefficient (Wildman–Crippen LogP) is -1.28. The van der Waals surface area contributed by atoms with E-state index < -0.39 is 0 Å². The van der Waals surface area contributed by atoms with Crippen LogP contribution in [0.2, 0.25) is 0 Å². The molecule has 0 aliphatic carbocycles. The van der Waals surface area contributed by atoms with Crippen LogP contribution in [0, 0.1) is 5.92 Å². The van der Waals surface area contributed by atoms with Crippen molar-refractivity contribution in [1.82, 2.24) is 25.2 Å². The number of carbonyl (C=O) groups is 2. The molecular weight excluding hydrogens is 260 g/mol. The van der Waals surface area contributed by atoms with Crippen LogP contribution in [0.5, 0.6) is 0 Å². The number of hydrogen-bond donors (Lipinski definition) is 2. The van der Waals surface area contributed by atoms with Gasteiger partial charge in [-0.1, -0.05) is 5.21 Å². The molecule has 2 rings (SSSR count). The van der Waals surface area contributed by atoms with E-state index in [-0.39, 0.29) is 24.3 Å². The summed E-state index contributed by atoms with van der Waals surface area (Å²) in [6, 6.07) is 0. The van der Waals surface area contributed by atoms with E-state index in [1.165, 1.54) is 4.68 Å². The van der Waals surface area contributed by atoms with Crippen LogP contribution < -0.4 is 11.1 Å². The van der Waals surface area contributed by atoms with Crippen molar-refractivity contribution < 1.29 is 9.59 Å². The van der Waals surface area contributed by atoms with Crippen molar-refractivity contribution in [2.45, 2.75) is 25.9 Å². The Morgan fingerprint density at radius 2 is 2.35 bits per heavy atom. The molecule has 1 fully saturated rings. The van der Waals surface area contributed by atoms with Crippen molar-refractivity contribution in [1.29, 1.82) is 0 Å². The second-order valence-electron chi connectivity index (χ2n) is 5.02. The quantitative estimate of drug-likeness (QED) is 0.699. The molecule has 0 spiro atoms. The van der Waals surface area contributed by atoms with Gasteiger partial charge in [0.1, 0.15) is 6.54 Å². The summed E-state index contributed by atoms with van der Waals surface area (Å²) in [6.45, 7) is 1.83. The van der Waals surface area contributed by atoms with Crippen molar-refractivity contribution in [3.05, 3.63) is 11.9 Å². The maximum Gasteiger partial charge on any atom is 0.244 e. The summed E-state index contributed by atoms with van der Waals surface area (Å²) < 4.78 is 1.52. The van der Waals surface area contributed by atoms with Gasteiger partial charge in [0.25, 0.3) is 0 Å². The number of nitrogens with zero attached hydrogens (tertiary/aromatic N) is 4. The molecule has 1 aromatic heterocycles. The third-order valence-electron chi connectivity index (χ3n) is 3.42. The lowest BCUT2D eigenvalue weighted by Crippen LogP contribution is -2.45. The van der Waals surface area contributed by atoms with Crippen LogP contribution in [0.1, 0.15) is 18.5 Å². The van der Waals surface area contributed by atoms with Gasteiger partial charge >= 0.3 is 0 Å². The second-order valence-corrected chi connectivity index (χ2v) is 5.02. The lowest BCUT2D eigenvalue weighted by atomic mass is 9.97. The Hall–Kier alpha value is -1.96. The SMILES string of the molecule is CNCc1cn(CC(=O)N2CCCC(C(N)=O)C2)nn1. The van der Waals surface area contributed by atoms with E-state index in [1.807, 2.05) is 7.05 Å². The molecule has 2 heterocycles. The smallest absolute Gasteiger partial charge is 0.244 e. The van der Waals surface area contributed by atoms with Gasteiger partial charge in [0.05, 0.1) is 17.8 Å². The molecule has 1 saturated heterocycles. The van der Waals surface area contributed by atoms with Gasteiger partial charge in [-0.15, -0.1) is 5.10 Å². The Labute approximate surface area is 117 Å². The summed E-state index contributed by atoms with van der Waals surface area (Å²) in [5.74, 6) is -0.625. The van der Waals surface area contributed by atoms with Gasteiger partial charge in [-0.25, -0.2) is 4.68 Å². The zero-order chi connectivity index (χ0) is 14.5. The van der Waals surface area contributed by atoms with Crippen LogP contribution in [-0.4, -0.2) is 51.8 Å². The summed E-state index contributed by atoms with van der Waals surface area (Å²) in [5, 5.41) is 10.8. The largest absolute Gasteiger partial charge is 0.369 e. The highest BCUT2D eigenvalue weighted by Gasteiger charge is 2.27. The molecule has 1 unspecified atom stereocenters. The van der Waals surface area contributed by atoms with Crippen molar-refractivity contribution in [2.75, 3.05) is 20.1 Å². The van der Waals surface area contributed by atoms with Gasteiger partial charge in [-0.05, 0) is 19.9 Å². The summed E-state index contributed by atoms with van der Waals surface area (Å²) in [6.07, 6.45) is 3.31. The number of rotatable bonds is 5. The maximum atomic E-state index is 12.2. The lowest BCUT2D eigenvalue weighted by molar-refractivity contribution is -0.135. The number of carbonyl (C=O) groups excluding carboxylic acids is 2. The van der Waals surface area contributed by atoms with Crippen LogP contribution in [-0.2, 0) is 22.7 Å². The fraction of sp³-hybridized carbons (Fsp3) is 0.667. The number of nitrogens with one attached hydrogen (secondary N) is 1. The third kappa shape index (κ3) is 3.53. The van der Waals surface area contributed by atoms with Crippen molar-refractivity contribution in [3.63, 3.8) is 0 Å². The molecule has 2 amide bonds. The molecule has 8 heteroatoms. The Kier molecular flexibility index (Phi) is 4.67. The summed E-state index contributed by atoms with van der Waals surface area (Å²) >= 11 is 0. The number of primary amides is 1. The Morgan fingerprint density at radius 1 is 1.55 bits per heavy atom. The van der Waals surface area contributed by atoms with Crippen molar-refractivity contribution >= 4 is 11.8 Å². The monoisotopic (exact) mass is 280 g/mol. The molecule has 3 N–H and O–H groups in total. The van der Waals surface area contributed by atoms with E-state index in [0.717, 1.165) is 18.5 Å². The van der Waals surface area contributed by atoms with Crippen molar-refractivity contribution in [3.8, 4) is 0 Å². The van der Waals surface area contributed by atoms with E-state index in [2.05, 4.69) is 15.6 Å². The molecule has 0 saturated carbocycles. The van der Waals surface area contributed by atoms with Crippen LogP contribution in [0.15, 0.2) is 6.20 Å². The van der Waals surface area contributed by atoms with Gasteiger partial charge < -0.3 is 16.0 Å². The third-order valence-corrected chi connectivity index (χ3v) is 3.42. The van der Waals surface area contributed by atoms with Crippen molar-refractivity contribution in [2.24, 2.45) is 11.7 Å². The summed E-state index contributed by atoms with van der Waals surface area (Å²) in [5.41, 5.74) is 6.09. The predicted molar refractivity (Wildman–Crippen MR) is 71.3 cm³/mol. The first-order valence-electron chi connectivity index (χ1n) is 6.71. The topological polar surface area (TPSA) is 106 Å². The first kappa shape index (κ1) is 14.4. The van der Waals surface area contributed by atoms with E-state index >= 15 is 0 Å². The van der Waals surface area contributed by atoms with Gasteiger partial charge in [-0.2, -0.15) is 0 Å². The summed E-state index contributed by atoms with van der Waals surface area (Å²) in [4.78, 5) is 25.1. The molecule has 8 nitrogen and oxygen atoms in total. The molecule has 1 aliphatic rings. The number of piperidine rings is 1. The fourth-order valence-corrected chi connectivity index (χ4v) is 2.35. The highest BCUT2D eigenvalue weighted by atomic mass is 16.2. The first-order valence-corrected chi connectivity index (χ1v) is 6.71. The van der Waals surface area contributed by atoms with Crippen LogP contribution in [0.3, 0.4) is 0 Å². The molecule has 0 aromatic carbocycles. The fourth-order valence-electron chi connectivity index (χ4n) is 2.35. The van der Waals surface area contributed by atoms with Gasteiger partial charge in [0.2, 0.25) is 11.8 Å². The maximum absolute atomic E-state index is 12.2. The molecule has 0 radical (unpaired) electrons. The molecule has 1 aliphatic heterocycles. The number of likely N-dealkylation sites (tertiary alicyclic amines) is 1. The summed E-state index contributed by atoms with van der Waals surface area (Å²) in [7, 11) is 1.82. The molecule has 1 aromatic rings. The minimum absolute atomic E-state index is 0.0585. The van der Waals surface area contributed by atoms with Gasteiger partial charge in [0, 0.05) is 19.6 Å². The molecule has 20 heavy (non-hydrogen) atoms. The van der Waals surface area contributed by atoms with Gasteiger partial charge in [-0.3, -0.25) is 9.59 Å². The second kappa shape index (κ2) is 6.47. The highest BCUT2D eigenvalue weighted by Crippen LogP contribution is 2.16. The number of aromatic nitrogens is 3. The van der Waals surface area contributed by atoms with Crippen LogP contribution in [0.4, 0.5) is 0 Å². The normalized spacial score (nSPS) is 19.1. The molecule has 0 bridgehead atoms. The molecular formula is C12H20N6O2. The average Bonchev–Trinajstić information content (AvgIpc) is 2.86. The number of amides is 2. The number of hydrogen-bond acceptors (Lipinski definition) is 5. The number of nitrogens with two attached hydrogens (primary N) is 1. The lowest BCUT2D eigenvalue weighted by Gasteiger charge is -2.31. The average molecular weight is 280 g/mol.